The minimum Gasteiger partial charge on any atom is -0.324 e. The number of benzene rings is 1. The topological polar surface area (TPSA) is 32.3 Å². The van der Waals surface area contributed by atoms with E-state index in [0.717, 1.165) is 0 Å². The molecular weight excluding hydrogens is 251 g/mol. The number of carbonyl (C=O) groups excluding carboxylic acids is 1. The average molecular weight is 268 g/mol. The molecule has 2 rings (SSSR count). The predicted molar refractivity (Wildman–Crippen MR) is 71.8 cm³/mol. The number of carbonyl (C=O) groups is 1. The van der Waals surface area contributed by atoms with Crippen LogP contribution in [0.5, 0.6) is 0 Å². The first kappa shape index (κ1) is 13.4. The molecule has 5 heteroatoms. The Balaban J connectivity index is 2.25. The van der Waals surface area contributed by atoms with Crippen LogP contribution >= 0.6 is 11.8 Å². The molecule has 1 aromatic rings. The smallest absolute Gasteiger partial charge is 0.236 e. The van der Waals surface area contributed by atoms with Gasteiger partial charge in [-0.2, -0.15) is 0 Å². The van der Waals surface area contributed by atoms with Crippen molar-refractivity contribution in [2.24, 2.45) is 0 Å². The van der Waals surface area contributed by atoms with E-state index < -0.39 is 0 Å². The fourth-order valence-electron chi connectivity index (χ4n) is 2.05. The number of nitrogens with one attached hydrogen (secondary N) is 1. The van der Waals surface area contributed by atoms with E-state index in [1.807, 2.05) is 20.0 Å². The van der Waals surface area contributed by atoms with Crippen LogP contribution < -0.4 is 5.32 Å². The first-order valence-electron chi connectivity index (χ1n) is 6.00. The summed E-state index contributed by atoms with van der Waals surface area (Å²) >= 11 is 1.51. The Morgan fingerprint density at radius 1 is 1.44 bits per heavy atom. The molecule has 1 aromatic carbocycles. The third kappa shape index (κ3) is 2.52. The highest BCUT2D eigenvalue weighted by Gasteiger charge is 2.38. The van der Waals surface area contributed by atoms with Gasteiger partial charge in [0.25, 0.3) is 0 Å². The standard InChI is InChI=1S/C13H17FN2OS/c1-9-12(17)16(8-7-15-2)13(18-9)10-5-3-4-6-11(10)14/h3-6,9,13,15H,7-8H2,1-2H3/t9-,13+/m1/s1. The van der Waals surface area contributed by atoms with Gasteiger partial charge in [-0.3, -0.25) is 4.79 Å². The van der Waals surface area contributed by atoms with Gasteiger partial charge in [-0.25, -0.2) is 4.39 Å². The summed E-state index contributed by atoms with van der Waals surface area (Å²) in [6.45, 7) is 3.19. The number of amides is 1. The van der Waals surface area contributed by atoms with Crippen LogP contribution in [-0.2, 0) is 4.79 Å². The van der Waals surface area contributed by atoms with Crippen LogP contribution in [0.3, 0.4) is 0 Å². The minimum atomic E-state index is -0.244. The molecule has 1 aliphatic heterocycles. The lowest BCUT2D eigenvalue weighted by atomic mass is 10.2. The Morgan fingerprint density at radius 3 is 2.83 bits per heavy atom. The van der Waals surface area contributed by atoms with Crippen molar-refractivity contribution in [1.29, 1.82) is 0 Å². The van der Waals surface area contributed by atoms with Gasteiger partial charge in [0.1, 0.15) is 11.2 Å². The zero-order valence-electron chi connectivity index (χ0n) is 10.5. The second-order valence-electron chi connectivity index (χ2n) is 4.29. The van der Waals surface area contributed by atoms with Crippen LogP contribution in [0, 0.1) is 5.82 Å². The van der Waals surface area contributed by atoms with E-state index in [1.54, 1.807) is 17.0 Å². The number of rotatable bonds is 4. The van der Waals surface area contributed by atoms with Gasteiger partial charge >= 0.3 is 0 Å². The molecule has 3 nitrogen and oxygen atoms in total. The zero-order valence-corrected chi connectivity index (χ0v) is 11.3. The van der Waals surface area contributed by atoms with E-state index in [2.05, 4.69) is 5.32 Å². The van der Waals surface area contributed by atoms with E-state index >= 15 is 0 Å². The molecule has 0 spiro atoms. The lowest BCUT2D eigenvalue weighted by Gasteiger charge is -2.24. The Kier molecular flexibility index (Phi) is 4.24. The van der Waals surface area contributed by atoms with Crippen LogP contribution in [-0.4, -0.2) is 36.2 Å². The summed E-state index contributed by atoms with van der Waals surface area (Å²) in [6, 6.07) is 6.68. The molecule has 0 aromatic heterocycles. The highest BCUT2D eigenvalue weighted by atomic mass is 32.2. The highest BCUT2D eigenvalue weighted by Crippen LogP contribution is 2.43. The van der Waals surface area contributed by atoms with Gasteiger partial charge in [0.15, 0.2) is 0 Å². The summed E-state index contributed by atoms with van der Waals surface area (Å²) in [6.07, 6.45) is 0. The Hall–Kier alpha value is -1.07. The summed E-state index contributed by atoms with van der Waals surface area (Å²) in [7, 11) is 1.84. The largest absolute Gasteiger partial charge is 0.324 e. The fourth-order valence-corrected chi connectivity index (χ4v) is 3.38. The first-order chi connectivity index (χ1) is 8.65. The third-order valence-corrected chi connectivity index (χ3v) is 4.40. The van der Waals surface area contributed by atoms with Gasteiger partial charge in [0, 0.05) is 18.7 Å². The van der Waals surface area contributed by atoms with Crippen LogP contribution in [0.4, 0.5) is 4.39 Å². The number of hydrogen-bond donors (Lipinski definition) is 1. The van der Waals surface area contributed by atoms with Gasteiger partial charge in [0.2, 0.25) is 5.91 Å². The molecule has 1 aliphatic rings. The van der Waals surface area contributed by atoms with E-state index in [4.69, 9.17) is 0 Å². The maximum Gasteiger partial charge on any atom is 0.236 e. The quantitative estimate of drug-likeness (QED) is 0.906. The highest BCUT2D eigenvalue weighted by molar-refractivity contribution is 8.01. The van der Waals surface area contributed by atoms with Crippen LogP contribution in [0.15, 0.2) is 24.3 Å². The van der Waals surface area contributed by atoms with Crippen molar-refractivity contribution in [3.63, 3.8) is 0 Å². The molecule has 1 N–H and O–H groups in total. The van der Waals surface area contributed by atoms with Crippen molar-refractivity contribution in [2.75, 3.05) is 20.1 Å². The molecule has 0 unspecified atom stereocenters. The molecule has 1 saturated heterocycles. The second-order valence-corrected chi connectivity index (χ2v) is 5.71. The minimum absolute atomic E-state index is 0.0866. The van der Waals surface area contributed by atoms with Gasteiger partial charge in [-0.05, 0) is 20.0 Å². The van der Waals surface area contributed by atoms with Crippen LogP contribution in [0.1, 0.15) is 17.9 Å². The Labute approximate surface area is 111 Å². The van der Waals surface area contributed by atoms with Crippen molar-refractivity contribution in [3.8, 4) is 0 Å². The molecule has 0 aliphatic carbocycles. The fraction of sp³-hybridized carbons (Fsp3) is 0.462. The molecule has 98 valence electrons. The van der Waals surface area contributed by atoms with E-state index in [0.29, 0.717) is 18.7 Å². The summed E-state index contributed by atoms with van der Waals surface area (Å²) in [5, 5.41) is 2.71. The van der Waals surface area contributed by atoms with Crippen LogP contribution in [0.25, 0.3) is 0 Å². The summed E-state index contributed by atoms with van der Waals surface area (Å²) < 4.78 is 13.8. The van der Waals surface area contributed by atoms with Crippen LogP contribution in [0.2, 0.25) is 0 Å². The first-order valence-corrected chi connectivity index (χ1v) is 6.94. The molecule has 18 heavy (non-hydrogen) atoms. The molecule has 1 amide bonds. The van der Waals surface area contributed by atoms with Gasteiger partial charge in [-0.1, -0.05) is 18.2 Å². The lowest BCUT2D eigenvalue weighted by molar-refractivity contribution is -0.129. The van der Waals surface area contributed by atoms with Crippen molar-refractivity contribution < 1.29 is 9.18 Å². The lowest BCUT2D eigenvalue weighted by Crippen LogP contribution is -2.35. The molecule has 0 radical (unpaired) electrons. The van der Waals surface area contributed by atoms with Crippen molar-refractivity contribution in [3.05, 3.63) is 35.6 Å². The molecule has 2 atom stereocenters. The Morgan fingerprint density at radius 2 is 2.17 bits per heavy atom. The normalized spacial score (nSPS) is 23.7. The second kappa shape index (κ2) is 5.71. The number of nitrogens with zero attached hydrogens (tertiary/aromatic N) is 1. The number of thioether (sulfide) groups is 1. The molecule has 0 saturated carbocycles. The van der Waals surface area contributed by atoms with Crippen molar-refractivity contribution in [1.82, 2.24) is 10.2 Å². The molecule has 0 bridgehead atoms. The summed E-state index contributed by atoms with van der Waals surface area (Å²) in [5.41, 5.74) is 0.594. The SMILES string of the molecule is CNCCN1C(=O)[C@@H](C)S[C@H]1c1ccccc1F. The van der Waals surface area contributed by atoms with Gasteiger partial charge < -0.3 is 10.2 Å². The molecule has 1 fully saturated rings. The summed E-state index contributed by atoms with van der Waals surface area (Å²) in [4.78, 5) is 13.8. The average Bonchev–Trinajstić information content (AvgIpc) is 2.64. The van der Waals surface area contributed by atoms with E-state index in [9.17, 15) is 9.18 Å². The van der Waals surface area contributed by atoms with Gasteiger partial charge in [0.05, 0.1) is 5.25 Å². The maximum absolute atomic E-state index is 13.8. The maximum atomic E-state index is 13.8. The van der Waals surface area contributed by atoms with Crippen molar-refractivity contribution in [2.45, 2.75) is 17.5 Å². The number of likely N-dealkylation sites (N-methyl/N-ethyl adjacent to an activating group) is 1. The molecular formula is C13H17FN2OS. The number of halogens is 1. The van der Waals surface area contributed by atoms with Gasteiger partial charge in [-0.15, -0.1) is 11.8 Å². The Bertz CT molecular complexity index is 441. The monoisotopic (exact) mass is 268 g/mol. The number of hydrogen-bond acceptors (Lipinski definition) is 3. The van der Waals surface area contributed by atoms with Crippen molar-refractivity contribution >= 4 is 17.7 Å². The predicted octanol–water partition coefficient (Wildman–Crippen LogP) is 2.01. The summed E-state index contributed by atoms with van der Waals surface area (Å²) in [5.74, 6) is -0.158. The zero-order chi connectivity index (χ0) is 13.1. The van der Waals surface area contributed by atoms with E-state index in [-0.39, 0.29) is 22.3 Å². The van der Waals surface area contributed by atoms with E-state index in [1.165, 1.54) is 17.8 Å². The molecule has 1 heterocycles. The third-order valence-electron chi connectivity index (χ3n) is 3.02.